The molecule has 2 aromatic rings. The molecular formula is C15H13BrO. The van der Waals surface area contributed by atoms with E-state index in [1.165, 1.54) is 11.1 Å². The minimum Gasteiger partial charge on any atom is -0.456 e. The third-order valence-electron chi connectivity index (χ3n) is 3.41. The van der Waals surface area contributed by atoms with E-state index in [4.69, 9.17) is 4.74 Å². The van der Waals surface area contributed by atoms with Crippen LogP contribution in [0.1, 0.15) is 25.0 Å². The van der Waals surface area contributed by atoms with Crippen LogP contribution in [0.5, 0.6) is 11.5 Å². The van der Waals surface area contributed by atoms with E-state index < -0.39 is 0 Å². The standard InChI is InChI=1S/C15H13BrO/c1-15(2)10-6-3-4-9-13(10)17-14-11(15)7-5-8-12(14)16/h3-9H,1-2H3. The van der Waals surface area contributed by atoms with Crippen LogP contribution in [-0.4, -0.2) is 0 Å². The number of fused-ring (bicyclic) bond motifs is 2. The zero-order valence-electron chi connectivity index (χ0n) is 9.83. The van der Waals surface area contributed by atoms with Gasteiger partial charge in [-0.25, -0.2) is 0 Å². The van der Waals surface area contributed by atoms with Gasteiger partial charge in [0.2, 0.25) is 0 Å². The maximum atomic E-state index is 6.00. The molecule has 1 heterocycles. The van der Waals surface area contributed by atoms with Crippen molar-refractivity contribution in [3.63, 3.8) is 0 Å². The molecule has 1 aliphatic rings. The van der Waals surface area contributed by atoms with Gasteiger partial charge in [0.05, 0.1) is 4.47 Å². The molecule has 1 aliphatic heterocycles. The molecule has 0 spiro atoms. The largest absolute Gasteiger partial charge is 0.456 e. The molecule has 0 unspecified atom stereocenters. The second-order valence-corrected chi connectivity index (χ2v) is 5.69. The molecular weight excluding hydrogens is 276 g/mol. The highest BCUT2D eigenvalue weighted by atomic mass is 79.9. The van der Waals surface area contributed by atoms with Crippen LogP contribution in [0.2, 0.25) is 0 Å². The van der Waals surface area contributed by atoms with Crippen LogP contribution >= 0.6 is 15.9 Å². The van der Waals surface area contributed by atoms with Crippen LogP contribution in [0.4, 0.5) is 0 Å². The van der Waals surface area contributed by atoms with Gasteiger partial charge < -0.3 is 4.74 Å². The van der Waals surface area contributed by atoms with E-state index >= 15 is 0 Å². The highest BCUT2D eigenvalue weighted by Gasteiger charge is 2.34. The fraction of sp³-hybridized carbons (Fsp3) is 0.200. The van der Waals surface area contributed by atoms with Crippen molar-refractivity contribution in [1.29, 1.82) is 0 Å². The Morgan fingerprint density at radius 3 is 2.47 bits per heavy atom. The highest BCUT2D eigenvalue weighted by Crippen LogP contribution is 2.49. The summed E-state index contributed by atoms with van der Waals surface area (Å²) in [6.07, 6.45) is 0. The Bertz CT molecular complexity index is 587. The first-order valence-corrected chi connectivity index (χ1v) is 6.46. The highest BCUT2D eigenvalue weighted by molar-refractivity contribution is 9.10. The van der Waals surface area contributed by atoms with Gasteiger partial charge in [0, 0.05) is 16.5 Å². The lowest BCUT2D eigenvalue weighted by molar-refractivity contribution is 0.415. The van der Waals surface area contributed by atoms with Crippen LogP contribution < -0.4 is 4.74 Å². The normalized spacial score (nSPS) is 15.7. The number of benzene rings is 2. The summed E-state index contributed by atoms with van der Waals surface area (Å²) in [6.45, 7) is 4.47. The van der Waals surface area contributed by atoms with Gasteiger partial charge in [-0.3, -0.25) is 0 Å². The summed E-state index contributed by atoms with van der Waals surface area (Å²) < 4.78 is 7.01. The molecule has 3 rings (SSSR count). The average molecular weight is 289 g/mol. The van der Waals surface area contributed by atoms with Crippen LogP contribution in [0.15, 0.2) is 46.9 Å². The van der Waals surface area contributed by atoms with Crippen molar-refractivity contribution in [2.75, 3.05) is 0 Å². The Kier molecular flexibility index (Phi) is 2.30. The predicted octanol–water partition coefficient (Wildman–Crippen LogP) is 4.88. The maximum Gasteiger partial charge on any atom is 0.145 e. The monoisotopic (exact) mass is 288 g/mol. The van der Waals surface area contributed by atoms with Gasteiger partial charge in [0.1, 0.15) is 11.5 Å². The number of halogens is 1. The maximum absolute atomic E-state index is 6.00. The Morgan fingerprint density at radius 2 is 1.65 bits per heavy atom. The average Bonchev–Trinajstić information content (AvgIpc) is 2.31. The Morgan fingerprint density at radius 1 is 0.941 bits per heavy atom. The second kappa shape index (κ2) is 3.61. The van der Waals surface area contributed by atoms with Crippen LogP contribution in [0.3, 0.4) is 0 Å². The van der Waals surface area contributed by atoms with E-state index in [2.05, 4.69) is 54.0 Å². The molecule has 0 atom stereocenters. The molecule has 0 saturated heterocycles. The minimum absolute atomic E-state index is 0.0199. The zero-order chi connectivity index (χ0) is 12.0. The third kappa shape index (κ3) is 1.51. The van der Waals surface area contributed by atoms with Gasteiger partial charge in [0.25, 0.3) is 0 Å². The smallest absolute Gasteiger partial charge is 0.145 e. The van der Waals surface area contributed by atoms with Gasteiger partial charge >= 0.3 is 0 Å². The second-order valence-electron chi connectivity index (χ2n) is 4.84. The van der Waals surface area contributed by atoms with Crippen molar-refractivity contribution >= 4 is 15.9 Å². The van der Waals surface area contributed by atoms with Crippen LogP contribution in [-0.2, 0) is 5.41 Å². The number of hydrogen-bond acceptors (Lipinski definition) is 1. The van der Waals surface area contributed by atoms with Crippen molar-refractivity contribution in [3.05, 3.63) is 58.1 Å². The van der Waals surface area contributed by atoms with E-state index in [-0.39, 0.29) is 5.41 Å². The molecule has 0 amide bonds. The van der Waals surface area contributed by atoms with Gasteiger partial charge in [-0.2, -0.15) is 0 Å². The van der Waals surface area contributed by atoms with Crippen LogP contribution in [0, 0.1) is 0 Å². The molecule has 0 aliphatic carbocycles. The molecule has 2 heteroatoms. The molecule has 0 aromatic heterocycles. The minimum atomic E-state index is -0.0199. The summed E-state index contributed by atoms with van der Waals surface area (Å²) in [5.74, 6) is 1.90. The summed E-state index contributed by atoms with van der Waals surface area (Å²) in [5, 5.41) is 0. The van der Waals surface area contributed by atoms with Crippen molar-refractivity contribution in [3.8, 4) is 11.5 Å². The molecule has 1 nitrogen and oxygen atoms in total. The van der Waals surface area contributed by atoms with Crippen molar-refractivity contribution in [2.24, 2.45) is 0 Å². The fourth-order valence-electron chi connectivity index (χ4n) is 2.43. The summed E-state index contributed by atoms with van der Waals surface area (Å²) in [4.78, 5) is 0. The molecule has 0 saturated carbocycles. The summed E-state index contributed by atoms with van der Waals surface area (Å²) in [5.41, 5.74) is 2.45. The van der Waals surface area contributed by atoms with E-state index in [0.29, 0.717) is 0 Å². The molecule has 2 aromatic carbocycles. The molecule has 86 valence electrons. The van der Waals surface area contributed by atoms with Crippen molar-refractivity contribution < 1.29 is 4.74 Å². The SMILES string of the molecule is CC1(C)c2ccccc2Oc2c(Br)cccc21. The summed E-state index contributed by atoms with van der Waals surface area (Å²) >= 11 is 3.56. The first kappa shape index (κ1) is 10.8. The Hall–Kier alpha value is -1.28. The number of rotatable bonds is 0. The van der Waals surface area contributed by atoms with Gasteiger partial charge in [-0.1, -0.05) is 44.2 Å². The third-order valence-corrected chi connectivity index (χ3v) is 4.04. The van der Waals surface area contributed by atoms with E-state index in [9.17, 15) is 0 Å². The predicted molar refractivity (Wildman–Crippen MR) is 72.8 cm³/mol. The Labute approximate surface area is 110 Å². The molecule has 0 N–H and O–H groups in total. The lowest BCUT2D eigenvalue weighted by Gasteiger charge is -2.34. The van der Waals surface area contributed by atoms with E-state index in [0.717, 1.165) is 16.0 Å². The molecule has 0 radical (unpaired) electrons. The number of ether oxygens (including phenoxy) is 1. The topological polar surface area (TPSA) is 9.23 Å². The fourth-order valence-corrected chi connectivity index (χ4v) is 2.88. The summed E-state index contributed by atoms with van der Waals surface area (Å²) in [7, 11) is 0. The van der Waals surface area contributed by atoms with E-state index in [1.54, 1.807) is 0 Å². The first-order valence-electron chi connectivity index (χ1n) is 5.67. The van der Waals surface area contributed by atoms with Crippen LogP contribution in [0.25, 0.3) is 0 Å². The zero-order valence-corrected chi connectivity index (χ0v) is 11.4. The molecule has 0 fully saturated rings. The lowest BCUT2D eigenvalue weighted by atomic mass is 9.76. The molecule has 17 heavy (non-hydrogen) atoms. The van der Waals surface area contributed by atoms with Crippen molar-refractivity contribution in [1.82, 2.24) is 0 Å². The number of para-hydroxylation sites is 2. The van der Waals surface area contributed by atoms with Gasteiger partial charge in [0.15, 0.2) is 0 Å². The lowest BCUT2D eigenvalue weighted by Crippen LogP contribution is -2.24. The van der Waals surface area contributed by atoms with Crippen molar-refractivity contribution in [2.45, 2.75) is 19.3 Å². The van der Waals surface area contributed by atoms with Gasteiger partial charge in [-0.05, 0) is 28.1 Å². The first-order chi connectivity index (χ1) is 8.10. The summed E-state index contributed by atoms with van der Waals surface area (Å²) in [6, 6.07) is 14.4. The number of hydrogen-bond donors (Lipinski definition) is 0. The van der Waals surface area contributed by atoms with E-state index in [1.807, 2.05) is 18.2 Å². The Balaban J connectivity index is 2.31. The van der Waals surface area contributed by atoms with Gasteiger partial charge in [-0.15, -0.1) is 0 Å². The molecule has 0 bridgehead atoms. The quantitative estimate of drug-likeness (QED) is 0.671.